The Morgan fingerprint density at radius 1 is 0.686 bits per heavy atom. The molecule has 6 aromatic rings. The molecule has 2 aliphatic rings. The van der Waals surface area contributed by atoms with Crippen LogP contribution in [0.15, 0.2) is 73.1 Å². The molecule has 4 aromatic carbocycles. The molecule has 0 atom stereocenters. The molecular weight excluding hydrogens is 687 g/mol. The highest BCUT2D eigenvalue weighted by atomic mass is 35.5. The number of hydrogen-bond donors (Lipinski definition) is 5. The summed E-state index contributed by atoms with van der Waals surface area (Å²) >= 11 is 12.9. The lowest BCUT2D eigenvalue weighted by molar-refractivity contribution is -0.0396. The average Bonchev–Trinajstić information content (AvgIpc) is 3.69. The van der Waals surface area contributed by atoms with Crippen LogP contribution in [0.25, 0.3) is 44.1 Å². The van der Waals surface area contributed by atoms with Crippen LogP contribution in [0.2, 0.25) is 10.0 Å². The number of methoxy groups -OCH3 is 1. The van der Waals surface area contributed by atoms with Crippen molar-refractivity contribution >= 4 is 56.9 Å². The van der Waals surface area contributed by atoms with E-state index in [0.29, 0.717) is 26.5 Å². The van der Waals surface area contributed by atoms with Crippen LogP contribution in [-0.2, 0) is 15.9 Å². The van der Waals surface area contributed by atoms with Crippen molar-refractivity contribution in [2.45, 2.75) is 63.6 Å². The minimum Gasteiger partial charge on any atom is -0.478 e. The van der Waals surface area contributed by atoms with E-state index in [-0.39, 0.29) is 11.5 Å². The van der Waals surface area contributed by atoms with E-state index in [0.717, 1.165) is 93.9 Å². The third-order valence-corrected chi connectivity index (χ3v) is 11.2. The number of aromatic carboxylic acids is 1. The minimum absolute atomic E-state index is 0.227. The molecule has 51 heavy (non-hydrogen) atoms. The summed E-state index contributed by atoms with van der Waals surface area (Å²) in [5, 5.41) is 33.1. The summed E-state index contributed by atoms with van der Waals surface area (Å²) in [5.41, 5.74) is 8.32. The molecule has 10 heteroatoms. The molecule has 0 aliphatic heterocycles. The van der Waals surface area contributed by atoms with E-state index in [4.69, 9.17) is 27.9 Å². The van der Waals surface area contributed by atoms with Crippen molar-refractivity contribution in [3.8, 4) is 22.3 Å². The van der Waals surface area contributed by atoms with Crippen LogP contribution in [0.3, 0.4) is 0 Å². The third kappa shape index (κ3) is 6.20. The fraction of sp³-hybridized carbons (Fsp3) is 0.268. The van der Waals surface area contributed by atoms with Crippen LogP contribution in [-0.4, -0.2) is 44.3 Å². The SMILES string of the molecule is COC(=O)c1c[nH]c2cc(Cl)c(-c3ccc(C4(O)CCC4)c(C)c3)cc12.Cc1cc(-c2cc3c(C(=O)O)c[nH]c3cc2Cl)ccc1C1(O)CCC1. The van der Waals surface area contributed by atoms with Gasteiger partial charge in [-0.05, 0) is 110 Å². The monoisotopic (exact) mass is 724 g/mol. The maximum Gasteiger partial charge on any atom is 0.340 e. The van der Waals surface area contributed by atoms with Gasteiger partial charge in [0.15, 0.2) is 0 Å². The normalized spacial score (nSPS) is 15.8. The number of carbonyl (C=O) groups excluding carboxylic acids is 1. The fourth-order valence-electron chi connectivity index (χ4n) is 7.45. The molecule has 0 unspecified atom stereocenters. The second-order valence-electron chi connectivity index (χ2n) is 13.8. The Hall–Kier alpha value is -4.60. The Morgan fingerprint density at radius 3 is 1.49 bits per heavy atom. The van der Waals surface area contributed by atoms with Crippen LogP contribution in [0.1, 0.15) is 81.5 Å². The fourth-order valence-corrected chi connectivity index (χ4v) is 8.00. The zero-order chi connectivity index (χ0) is 36.2. The van der Waals surface area contributed by atoms with Gasteiger partial charge in [-0.3, -0.25) is 0 Å². The third-order valence-electron chi connectivity index (χ3n) is 10.6. The number of aromatic amines is 2. The number of H-pyrrole nitrogens is 2. The predicted octanol–water partition coefficient (Wildman–Crippen LogP) is 9.82. The van der Waals surface area contributed by atoms with E-state index in [2.05, 4.69) is 9.97 Å². The molecular formula is C41H38Cl2N2O6. The Morgan fingerprint density at radius 2 is 1.12 bits per heavy atom. The maximum absolute atomic E-state index is 12.0. The number of carboxylic acid groups (broad SMARTS) is 1. The molecule has 0 spiro atoms. The first-order chi connectivity index (χ1) is 24.3. The largest absolute Gasteiger partial charge is 0.478 e. The number of rotatable bonds is 6. The molecule has 2 fully saturated rings. The van der Waals surface area contributed by atoms with Gasteiger partial charge in [-0.1, -0.05) is 59.6 Å². The number of halogens is 2. The lowest BCUT2D eigenvalue weighted by atomic mass is 9.73. The summed E-state index contributed by atoms with van der Waals surface area (Å²) in [5.74, 6) is -1.36. The van der Waals surface area contributed by atoms with Crippen molar-refractivity contribution < 1.29 is 29.6 Å². The lowest BCUT2D eigenvalue weighted by Gasteiger charge is -2.38. The van der Waals surface area contributed by atoms with Crippen LogP contribution < -0.4 is 0 Å². The molecule has 2 aromatic heterocycles. The first kappa shape index (κ1) is 34.8. The molecule has 0 bridgehead atoms. The van der Waals surface area contributed by atoms with Crippen molar-refractivity contribution in [1.82, 2.24) is 9.97 Å². The molecule has 2 aliphatic carbocycles. The quantitative estimate of drug-likeness (QED) is 0.109. The summed E-state index contributed by atoms with van der Waals surface area (Å²) < 4.78 is 4.85. The van der Waals surface area contributed by atoms with E-state index >= 15 is 0 Å². The second kappa shape index (κ2) is 13.2. The number of carbonyl (C=O) groups is 2. The van der Waals surface area contributed by atoms with Gasteiger partial charge in [0.05, 0.1) is 39.5 Å². The van der Waals surface area contributed by atoms with Crippen LogP contribution in [0, 0.1) is 13.8 Å². The highest BCUT2D eigenvalue weighted by Gasteiger charge is 2.38. The number of benzene rings is 4. The van der Waals surface area contributed by atoms with Crippen molar-refractivity contribution in [2.24, 2.45) is 0 Å². The Bertz CT molecular complexity index is 2350. The molecule has 2 heterocycles. The van der Waals surface area contributed by atoms with Gasteiger partial charge in [-0.25, -0.2) is 9.59 Å². The summed E-state index contributed by atoms with van der Waals surface area (Å²) in [7, 11) is 1.37. The summed E-state index contributed by atoms with van der Waals surface area (Å²) in [6.45, 7) is 4.00. The molecule has 0 saturated heterocycles. The number of ether oxygens (including phenoxy) is 1. The molecule has 5 N–H and O–H groups in total. The number of carboxylic acids is 1. The number of esters is 1. The molecule has 8 rings (SSSR count). The maximum atomic E-state index is 12.0. The van der Waals surface area contributed by atoms with Gasteiger partial charge in [0, 0.05) is 45.3 Å². The zero-order valence-electron chi connectivity index (χ0n) is 28.5. The van der Waals surface area contributed by atoms with Gasteiger partial charge in [0.2, 0.25) is 0 Å². The van der Waals surface area contributed by atoms with Crippen LogP contribution in [0.4, 0.5) is 0 Å². The summed E-state index contributed by atoms with van der Waals surface area (Å²) in [6.07, 6.45) is 8.44. The van der Waals surface area contributed by atoms with E-state index in [1.54, 1.807) is 12.3 Å². The van der Waals surface area contributed by atoms with Crippen molar-refractivity contribution in [3.63, 3.8) is 0 Å². The number of nitrogens with one attached hydrogen (secondary N) is 2. The molecule has 0 amide bonds. The Labute approximate surface area is 305 Å². The predicted molar refractivity (Wildman–Crippen MR) is 201 cm³/mol. The minimum atomic E-state index is -0.974. The van der Waals surface area contributed by atoms with E-state index in [1.807, 2.05) is 68.4 Å². The second-order valence-corrected chi connectivity index (χ2v) is 14.6. The average molecular weight is 726 g/mol. The molecule has 262 valence electrons. The van der Waals surface area contributed by atoms with E-state index in [9.17, 15) is 24.9 Å². The van der Waals surface area contributed by atoms with Crippen molar-refractivity contribution in [1.29, 1.82) is 0 Å². The molecule has 0 radical (unpaired) electrons. The summed E-state index contributed by atoms with van der Waals surface area (Å²) in [6, 6.07) is 19.2. The zero-order valence-corrected chi connectivity index (χ0v) is 30.0. The Kier molecular flexibility index (Phi) is 9.00. The lowest BCUT2D eigenvalue weighted by Crippen LogP contribution is -2.34. The molecule has 2 saturated carbocycles. The first-order valence-electron chi connectivity index (χ1n) is 16.9. The van der Waals surface area contributed by atoms with Gasteiger partial charge >= 0.3 is 11.9 Å². The number of fused-ring (bicyclic) bond motifs is 2. The smallest absolute Gasteiger partial charge is 0.340 e. The van der Waals surface area contributed by atoms with Crippen LogP contribution in [0.5, 0.6) is 0 Å². The van der Waals surface area contributed by atoms with Crippen LogP contribution >= 0.6 is 23.2 Å². The topological polar surface area (TPSA) is 136 Å². The van der Waals surface area contributed by atoms with Crippen molar-refractivity contribution in [3.05, 3.63) is 116 Å². The van der Waals surface area contributed by atoms with Crippen molar-refractivity contribution in [2.75, 3.05) is 7.11 Å². The first-order valence-corrected chi connectivity index (χ1v) is 17.7. The molecule has 8 nitrogen and oxygen atoms in total. The van der Waals surface area contributed by atoms with E-state index < -0.39 is 17.2 Å². The summed E-state index contributed by atoms with van der Waals surface area (Å²) in [4.78, 5) is 29.3. The number of aromatic nitrogens is 2. The van der Waals surface area contributed by atoms with Gasteiger partial charge in [-0.2, -0.15) is 0 Å². The van der Waals surface area contributed by atoms with Gasteiger partial charge in [-0.15, -0.1) is 0 Å². The highest BCUT2D eigenvalue weighted by molar-refractivity contribution is 6.35. The standard InChI is InChI=1S/C21H20ClNO3.C20H18ClNO3/c1-12-8-13(4-5-17(12)21(25)6-3-7-21)14-9-15-16(20(24)26-2)11-23-19(15)10-18(14)22;1-11-7-12(3-4-16(11)20(25)5-2-6-20)13-8-14-15(19(23)24)10-22-18(14)9-17(13)21/h4-5,8-11,23,25H,3,6-7H2,1-2H3;3-4,7-10,22,25H,2,5-6H2,1H3,(H,23,24). The number of hydrogen-bond acceptors (Lipinski definition) is 5. The number of aryl methyl sites for hydroxylation is 2. The van der Waals surface area contributed by atoms with E-state index in [1.165, 1.54) is 13.3 Å². The Balaban J connectivity index is 0.000000159. The van der Waals surface area contributed by atoms with Gasteiger partial charge < -0.3 is 30.0 Å². The van der Waals surface area contributed by atoms with Gasteiger partial charge in [0.1, 0.15) is 0 Å². The number of aliphatic hydroxyl groups is 2. The van der Waals surface area contributed by atoms with Gasteiger partial charge in [0.25, 0.3) is 0 Å². The highest BCUT2D eigenvalue weighted by Crippen LogP contribution is 2.45.